The number of anilines is 10. The molecule has 0 atom stereocenters. The van der Waals surface area contributed by atoms with Crippen LogP contribution in [0.4, 0.5) is 98.5 Å². The third-order valence-electron chi connectivity index (χ3n) is 11.7. The lowest BCUT2D eigenvalue weighted by Crippen LogP contribution is -2.54. The number of carbonyl (C=O) groups is 4. The first-order valence-corrected chi connectivity index (χ1v) is 22.5. The number of hydrogen-bond donors (Lipinski definition) is 4. The number of urea groups is 4. The van der Waals surface area contributed by atoms with E-state index in [2.05, 4.69) is 36.4 Å². The van der Waals surface area contributed by atoms with E-state index in [1.54, 1.807) is 53.2 Å². The molecule has 24 heteroatoms. The second-order valence-electron chi connectivity index (χ2n) is 17.9. The van der Waals surface area contributed by atoms with E-state index in [-0.39, 0.29) is 41.2 Å². The second-order valence-corrected chi connectivity index (χ2v) is 18.3. The molecule has 0 aliphatic carbocycles. The summed E-state index contributed by atoms with van der Waals surface area (Å²) in [7, 11) is 4.81. The lowest BCUT2D eigenvalue weighted by Gasteiger charge is -2.39. The van der Waals surface area contributed by atoms with Crippen molar-refractivity contribution in [1.82, 2.24) is 15.1 Å². The topological polar surface area (TPSA) is 188 Å². The first kappa shape index (κ1) is 50.2. The summed E-state index contributed by atoms with van der Waals surface area (Å²) < 4.78 is 80.6. The average molecular weight is 1020 g/mol. The summed E-state index contributed by atoms with van der Waals surface area (Å²) >= 11 is 6.69. The van der Waals surface area contributed by atoms with Crippen LogP contribution in [0.2, 0.25) is 5.02 Å². The van der Waals surface area contributed by atoms with Crippen molar-refractivity contribution in [3.63, 3.8) is 0 Å². The Morgan fingerprint density at radius 2 is 1.40 bits per heavy atom. The monoisotopic (exact) mass is 1020 g/mol. The summed E-state index contributed by atoms with van der Waals surface area (Å²) in [5.41, 5.74) is -1.30. The van der Waals surface area contributed by atoms with E-state index < -0.39 is 75.9 Å². The minimum atomic E-state index is -4.86. The Kier molecular flexibility index (Phi) is 13.4. The number of aromatic nitrogens is 3. The lowest BCUT2D eigenvalue weighted by molar-refractivity contribution is -0.137. The quantitative estimate of drug-likeness (QED) is 0.0802. The van der Waals surface area contributed by atoms with Gasteiger partial charge in [0.15, 0.2) is 5.82 Å². The summed E-state index contributed by atoms with van der Waals surface area (Å²) in [6.07, 6.45) is -1.75. The summed E-state index contributed by atoms with van der Waals surface area (Å²) in [5.74, 6) is -1.89. The Hall–Kier alpha value is -8.21. The molecule has 6 aromatic rings. The maximum absolute atomic E-state index is 16.9. The van der Waals surface area contributed by atoms with Crippen LogP contribution in [-0.4, -0.2) is 66.4 Å². The summed E-state index contributed by atoms with van der Waals surface area (Å²) in [4.78, 5) is 72.4. The Morgan fingerprint density at radius 3 is 2.03 bits per heavy atom. The average Bonchev–Trinajstić information content (AvgIpc) is 3.83. The van der Waals surface area contributed by atoms with Crippen molar-refractivity contribution >= 4 is 93.1 Å². The maximum atomic E-state index is 16.9. The zero-order valence-electron chi connectivity index (χ0n) is 39.9. The van der Waals surface area contributed by atoms with E-state index in [0.717, 1.165) is 41.3 Å². The van der Waals surface area contributed by atoms with Gasteiger partial charge in [0.1, 0.15) is 23.1 Å². The number of hydrazine groups is 1. The molecule has 0 unspecified atom stereocenters. The molecule has 8 amide bonds. The fourth-order valence-electron chi connectivity index (χ4n) is 7.99. The zero-order valence-corrected chi connectivity index (χ0v) is 40.7. The maximum Gasteiger partial charge on any atom is 0.416 e. The number of halogens is 6. The Morgan fingerprint density at radius 1 is 0.764 bits per heavy atom. The van der Waals surface area contributed by atoms with Crippen molar-refractivity contribution in [2.75, 3.05) is 72.0 Å². The number of pyridine rings is 2. The van der Waals surface area contributed by atoms with E-state index in [1.165, 1.54) is 46.1 Å². The van der Waals surface area contributed by atoms with Gasteiger partial charge in [0.25, 0.3) is 5.88 Å². The zero-order chi connectivity index (χ0) is 52.1. The molecule has 8 rings (SSSR count). The minimum Gasteiger partial charge on any atom is -0.373 e. The van der Waals surface area contributed by atoms with Crippen LogP contribution in [0.1, 0.15) is 57.0 Å². The molecule has 3 aromatic carbocycles. The molecule has 0 bridgehead atoms. The van der Waals surface area contributed by atoms with Crippen LogP contribution in [0.5, 0.6) is 0 Å². The van der Waals surface area contributed by atoms with Gasteiger partial charge >= 0.3 is 30.3 Å². The summed E-state index contributed by atoms with van der Waals surface area (Å²) in [6.45, 7) is 8.69. The van der Waals surface area contributed by atoms with Gasteiger partial charge in [0.05, 0.1) is 52.1 Å². The van der Waals surface area contributed by atoms with Gasteiger partial charge < -0.3 is 25.8 Å². The van der Waals surface area contributed by atoms with Gasteiger partial charge in [-0.3, -0.25) is 19.6 Å². The van der Waals surface area contributed by atoms with Crippen molar-refractivity contribution in [2.45, 2.75) is 65.3 Å². The lowest BCUT2D eigenvalue weighted by atomic mass is 9.92. The van der Waals surface area contributed by atoms with Gasteiger partial charge in [0.2, 0.25) is 0 Å². The standard InChI is InChI=1S/C48H47ClF5N13O5/c1-25(2)65-36-19-41(56-7)58-22-27(36)23-63(46(65)71)30-12-13-32(50)34(15-30)60-44(69)67(42-20-39(61-72-42)47(3,4)5)66(43(68)59-29-11-9-10-28(14-29)48(52,53)54)38-17-37(31(49)16-33(38)51)64-24-26-21-57-40(55-6)18-35(26)62(8)45(64)70/h9-22,25H,23-24H2,1-8H3,(H,55,57)(H,56,58)(H,59,68)(H,60,69). The van der Waals surface area contributed by atoms with Gasteiger partial charge in [-0.2, -0.15) is 23.2 Å². The Bertz CT molecular complexity index is 3130. The van der Waals surface area contributed by atoms with Crippen molar-refractivity contribution < 1.29 is 45.7 Å². The van der Waals surface area contributed by atoms with Gasteiger partial charge in [-0.1, -0.05) is 43.6 Å². The number of fused-ring (bicyclic) bond motifs is 2. The molecule has 0 saturated heterocycles. The number of rotatable bonds is 9. The van der Waals surface area contributed by atoms with Crippen LogP contribution in [0.3, 0.4) is 0 Å². The van der Waals surface area contributed by atoms with E-state index in [4.69, 9.17) is 16.1 Å². The van der Waals surface area contributed by atoms with Gasteiger partial charge in [-0.25, -0.2) is 37.9 Å². The smallest absolute Gasteiger partial charge is 0.373 e. The largest absolute Gasteiger partial charge is 0.416 e. The number of alkyl halides is 3. The fraction of sp³-hybridized carbons (Fsp3) is 0.271. The summed E-state index contributed by atoms with van der Waals surface area (Å²) in [6, 6.07) is 8.99. The third kappa shape index (κ3) is 9.65. The predicted octanol–water partition coefficient (Wildman–Crippen LogP) is 11.4. The molecule has 0 radical (unpaired) electrons. The molecule has 2 aliphatic rings. The Labute approximate surface area is 414 Å². The molecule has 5 heterocycles. The number of nitrogens with one attached hydrogen (secondary N) is 4. The first-order chi connectivity index (χ1) is 34.0. The Balaban J connectivity index is 1.26. The van der Waals surface area contributed by atoms with Crippen LogP contribution in [0.15, 0.2) is 89.7 Å². The fourth-order valence-corrected chi connectivity index (χ4v) is 8.24. The second kappa shape index (κ2) is 19.2. The van der Waals surface area contributed by atoms with E-state index in [1.807, 2.05) is 13.8 Å². The highest BCUT2D eigenvalue weighted by Gasteiger charge is 2.40. The van der Waals surface area contributed by atoms with Gasteiger partial charge in [0, 0.05) is 85.7 Å². The van der Waals surface area contributed by atoms with Crippen molar-refractivity contribution in [2.24, 2.45) is 0 Å². The molecule has 72 heavy (non-hydrogen) atoms. The number of nitrogens with zero attached hydrogens (tertiary/aromatic N) is 9. The number of benzene rings is 3. The number of carbonyl (C=O) groups excluding carboxylic acids is 4. The minimum absolute atomic E-state index is 0.0107. The molecule has 0 fully saturated rings. The van der Waals surface area contributed by atoms with Crippen LogP contribution < -0.4 is 50.9 Å². The molecule has 2 aliphatic heterocycles. The van der Waals surface area contributed by atoms with Crippen LogP contribution >= 0.6 is 11.6 Å². The van der Waals surface area contributed by atoms with Crippen LogP contribution in [0.25, 0.3) is 0 Å². The molecule has 18 nitrogen and oxygen atoms in total. The van der Waals surface area contributed by atoms with Crippen molar-refractivity contribution in [1.29, 1.82) is 0 Å². The van der Waals surface area contributed by atoms with Crippen LogP contribution in [0, 0.1) is 11.6 Å². The molecule has 0 spiro atoms. The predicted molar refractivity (Wildman–Crippen MR) is 264 cm³/mol. The third-order valence-corrected chi connectivity index (χ3v) is 12.0. The molecule has 0 saturated carbocycles. The van der Waals surface area contributed by atoms with Crippen molar-refractivity contribution in [3.8, 4) is 0 Å². The van der Waals surface area contributed by atoms with Crippen molar-refractivity contribution in [3.05, 3.63) is 124 Å². The SMILES string of the molecule is CNc1cc2c(cn1)CN(c1cc(N(C(=O)Nc3cccc(C(F)(F)F)c3)N(C(=O)Nc3cc(N4Cc5cnc(NC)cc5N(C(C)C)C4=O)ccc3F)c3cc(C(C)(C)C)no3)c(F)cc1Cl)C(=O)N2C. The molecule has 4 N–H and O–H groups in total. The van der Waals surface area contributed by atoms with Crippen LogP contribution in [-0.2, 0) is 24.7 Å². The normalized spacial score (nSPS) is 13.8. The van der Waals surface area contributed by atoms with Gasteiger partial charge in [-0.15, -0.1) is 0 Å². The molecule has 376 valence electrons. The van der Waals surface area contributed by atoms with Gasteiger partial charge in [-0.05, 0) is 62.4 Å². The number of amides is 8. The highest BCUT2D eigenvalue weighted by atomic mass is 35.5. The number of hydrogen-bond acceptors (Lipinski definition) is 10. The first-order valence-electron chi connectivity index (χ1n) is 22.1. The molecular weight excluding hydrogens is 969 g/mol. The van der Waals surface area contributed by atoms with E-state index in [0.29, 0.717) is 50.2 Å². The van der Waals surface area contributed by atoms with E-state index >= 15 is 13.6 Å². The molecular formula is C48H47ClF5N13O5. The highest BCUT2D eigenvalue weighted by Crippen LogP contribution is 2.42. The summed E-state index contributed by atoms with van der Waals surface area (Å²) in [5, 5.41) is 15.2. The molecule has 3 aromatic heterocycles. The van der Waals surface area contributed by atoms with E-state index in [9.17, 15) is 27.6 Å². The highest BCUT2D eigenvalue weighted by molar-refractivity contribution is 6.34.